The lowest BCUT2D eigenvalue weighted by molar-refractivity contribution is -0.123. The Morgan fingerprint density at radius 2 is 1.94 bits per heavy atom. The standard InChI is InChI=1S/C24H31ClN4O4S/c1-24(2,3)28-22(30)13-16-10-11-29(21-9-8-19(14-26-21)34(4,32)33)15-20(16)27-23(31)17-6-5-7-18(25)12-17/h5-9,12,14,16,20H,10-11,13,15H2,1-4H3,(H,27,31)(H,28,30). The number of aromatic nitrogens is 1. The topological polar surface area (TPSA) is 108 Å². The van der Waals surface area contributed by atoms with Gasteiger partial charge in [-0.25, -0.2) is 13.4 Å². The summed E-state index contributed by atoms with van der Waals surface area (Å²) in [5.74, 6) is 0.212. The van der Waals surface area contributed by atoms with Gasteiger partial charge in [0.05, 0.1) is 10.9 Å². The normalized spacial score (nSPS) is 18.9. The SMILES string of the molecule is CC(C)(C)NC(=O)CC1CCN(c2ccc(S(C)(=O)=O)cn2)CC1NC(=O)c1cccc(Cl)c1. The van der Waals surface area contributed by atoms with Gasteiger partial charge < -0.3 is 15.5 Å². The highest BCUT2D eigenvalue weighted by Gasteiger charge is 2.33. The number of carbonyl (C=O) groups excluding carboxylic acids is 2. The molecular weight excluding hydrogens is 476 g/mol. The van der Waals surface area contributed by atoms with E-state index in [0.29, 0.717) is 35.9 Å². The number of anilines is 1. The summed E-state index contributed by atoms with van der Waals surface area (Å²) in [6, 6.07) is 9.58. The van der Waals surface area contributed by atoms with Crippen molar-refractivity contribution in [1.29, 1.82) is 0 Å². The van der Waals surface area contributed by atoms with Gasteiger partial charge in [0.15, 0.2) is 9.84 Å². The van der Waals surface area contributed by atoms with Crippen LogP contribution in [0.5, 0.6) is 0 Å². The Balaban J connectivity index is 1.79. The van der Waals surface area contributed by atoms with Crippen molar-refractivity contribution in [1.82, 2.24) is 15.6 Å². The van der Waals surface area contributed by atoms with Crippen molar-refractivity contribution < 1.29 is 18.0 Å². The Labute approximate surface area is 206 Å². The average Bonchev–Trinajstić information content (AvgIpc) is 2.73. The summed E-state index contributed by atoms with van der Waals surface area (Å²) in [6.07, 6.45) is 3.42. The third-order valence-corrected chi connectivity index (χ3v) is 6.93. The molecule has 2 amide bonds. The van der Waals surface area contributed by atoms with Crippen LogP contribution >= 0.6 is 11.6 Å². The zero-order chi connectivity index (χ0) is 25.1. The number of sulfone groups is 1. The number of amides is 2. The molecule has 0 bridgehead atoms. The Morgan fingerprint density at radius 3 is 2.53 bits per heavy atom. The van der Waals surface area contributed by atoms with Gasteiger partial charge >= 0.3 is 0 Å². The molecule has 34 heavy (non-hydrogen) atoms. The van der Waals surface area contributed by atoms with E-state index in [0.717, 1.165) is 6.26 Å². The number of hydrogen-bond acceptors (Lipinski definition) is 6. The van der Waals surface area contributed by atoms with Crippen molar-refractivity contribution in [2.75, 3.05) is 24.2 Å². The monoisotopic (exact) mass is 506 g/mol. The zero-order valence-electron chi connectivity index (χ0n) is 19.8. The molecule has 0 aliphatic carbocycles. The second kappa shape index (κ2) is 10.3. The lowest BCUT2D eigenvalue weighted by Crippen LogP contribution is -2.54. The molecular formula is C24H31ClN4O4S. The molecule has 2 unspecified atom stereocenters. The highest BCUT2D eigenvalue weighted by molar-refractivity contribution is 7.90. The number of carbonyl (C=O) groups is 2. The molecule has 184 valence electrons. The summed E-state index contributed by atoms with van der Waals surface area (Å²) in [4.78, 5) is 32.1. The van der Waals surface area contributed by atoms with Gasteiger partial charge in [-0.3, -0.25) is 9.59 Å². The second-order valence-corrected chi connectivity index (χ2v) is 12.2. The van der Waals surface area contributed by atoms with Crippen LogP contribution in [0.2, 0.25) is 5.02 Å². The van der Waals surface area contributed by atoms with E-state index < -0.39 is 9.84 Å². The summed E-state index contributed by atoms with van der Waals surface area (Å²) in [6.45, 7) is 6.85. The van der Waals surface area contributed by atoms with E-state index in [4.69, 9.17) is 11.6 Å². The molecule has 8 nitrogen and oxygen atoms in total. The van der Waals surface area contributed by atoms with Crippen molar-refractivity contribution in [3.63, 3.8) is 0 Å². The summed E-state index contributed by atoms with van der Waals surface area (Å²) in [7, 11) is -3.34. The maximum Gasteiger partial charge on any atom is 0.251 e. The first-order chi connectivity index (χ1) is 15.8. The Morgan fingerprint density at radius 1 is 1.21 bits per heavy atom. The Hall–Kier alpha value is -2.65. The lowest BCUT2D eigenvalue weighted by Gasteiger charge is -2.39. The highest BCUT2D eigenvalue weighted by atomic mass is 35.5. The quantitative estimate of drug-likeness (QED) is 0.623. The van der Waals surface area contributed by atoms with E-state index in [-0.39, 0.29) is 40.6 Å². The van der Waals surface area contributed by atoms with Gasteiger partial charge in [-0.15, -0.1) is 0 Å². The van der Waals surface area contributed by atoms with Gasteiger partial charge in [0.1, 0.15) is 5.82 Å². The molecule has 1 saturated heterocycles. The molecule has 3 rings (SSSR count). The molecule has 1 aliphatic heterocycles. The third-order valence-electron chi connectivity index (χ3n) is 5.59. The molecule has 2 atom stereocenters. The van der Waals surface area contributed by atoms with Crippen LogP contribution in [-0.4, -0.2) is 56.1 Å². The van der Waals surface area contributed by atoms with Gasteiger partial charge in [-0.05, 0) is 63.4 Å². The van der Waals surface area contributed by atoms with E-state index in [9.17, 15) is 18.0 Å². The molecule has 10 heteroatoms. The van der Waals surface area contributed by atoms with Gasteiger partial charge in [0.25, 0.3) is 5.91 Å². The maximum absolute atomic E-state index is 13.0. The highest BCUT2D eigenvalue weighted by Crippen LogP contribution is 2.26. The molecule has 1 aromatic heterocycles. The molecule has 1 aromatic carbocycles. The largest absolute Gasteiger partial charge is 0.355 e. The summed E-state index contributed by atoms with van der Waals surface area (Å²) >= 11 is 6.05. The molecule has 0 spiro atoms. The van der Waals surface area contributed by atoms with Crippen molar-refractivity contribution in [2.45, 2.75) is 50.1 Å². The fourth-order valence-electron chi connectivity index (χ4n) is 3.98. The van der Waals surface area contributed by atoms with Crippen LogP contribution in [0, 0.1) is 5.92 Å². The zero-order valence-corrected chi connectivity index (χ0v) is 21.4. The van der Waals surface area contributed by atoms with Crippen LogP contribution in [-0.2, 0) is 14.6 Å². The van der Waals surface area contributed by atoms with Gasteiger partial charge in [0.2, 0.25) is 5.91 Å². The average molecular weight is 507 g/mol. The van der Waals surface area contributed by atoms with Gasteiger partial charge in [0, 0.05) is 48.1 Å². The van der Waals surface area contributed by atoms with E-state index in [1.54, 1.807) is 30.3 Å². The summed E-state index contributed by atoms with van der Waals surface area (Å²) < 4.78 is 23.5. The minimum absolute atomic E-state index is 0.0661. The Bertz CT molecular complexity index is 1150. The second-order valence-electron chi connectivity index (χ2n) is 9.71. The first-order valence-electron chi connectivity index (χ1n) is 11.1. The van der Waals surface area contributed by atoms with E-state index in [1.807, 2.05) is 25.7 Å². The number of hydrogen-bond donors (Lipinski definition) is 2. The third kappa shape index (κ3) is 7.17. The van der Waals surface area contributed by atoms with Crippen LogP contribution in [0.15, 0.2) is 47.5 Å². The van der Waals surface area contributed by atoms with Crippen molar-refractivity contribution >= 4 is 39.1 Å². The lowest BCUT2D eigenvalue weighted by atomic mass is 9.87. The fraction of sp³-hybridized carbons (Fsp3) is 0.458. The summed E-state index contributed by atoms with van der Waals surface area (Å²) in [5, 5.41) is 6.53. The van der Waals surface area contributed by atoms with E-state index in [1.165, 1.54) is 12.3 Å². The first kappa shape index (κ1) is 26.0. The molecule has 1 fully saturated rings. The number of halogens is 1. The molecule has 1 aliphatic rings. The molecule has 2 heterocycles. The minimum Gasteiger partial charge on any atom is -0.355 e. The molecule has 2 N–H and O–H groups in total. The molecule has 0 saturated carbocycles. The molecule has 2 aromatic rings. The molecule has 0 radical (unpaired) electrons. The minimum atomic E-state index is -3.34. The smallest absolute Gasteiger partial charge is 0.251 e. The number of nitrogens with one attached hydrogen (secondary N) is 2. The van der Waals surface area contributed by atoms with Gasteiger partial charge in [-0.1, -0.05) is 17.7 Å². The van der Waals surface area contributed by atoms with Crippen LogP contribution in [0.4, 0.5) is 5.82 Å². The predicted molar refractivity (Wildman–Crippen MR) is 133 cm³/mol. The number of pyridine rings is 1. The summed E-state index contributed by atoms with van der Waals surface area (Å²) in [5.41, 5.74) is 0.0981. The number of nitrogens with zero attached hydrogens (tertiary/aromatic N) is 2. The Kier molecular flexibility index (Phi) is 7.88. The van der Waals surface area contributed by atoms with Crippen LogP contribution in [0.25, 0.3) is 0 Å². The van der Waals surface area contributed by atoms with Crippen LogP contribution < -0.4 is 15.5 Å². The van der Waals surface area contributed by atoms with E-state index >= 15 is 0 Å². The van der Waals surface area contributed by atoms with Crippen molar-refractivity contribution in [3.05, 3.63) is 53.2 Å². The van der Waals surface area contributed by atoms with Crippen molar-refractivity contribution in [3.8, 4) is 0 Å². The number of benzene rings is 1. The van der Waals surface area contributed by atoms with E-state index in [2.05, 4.69) is 15.6 Å². The van der Waals surface area contributed by atoms with Crippen molar-refractivity contribution in [2.24, 2.45) is 5.92 Å². The fourth-order valence-corrected chi connectivity index (χ4v) is 4.73. The number of piperidine rings is 1. The first-order valence-corrected chi connectivity index (χ1v) is 13.4. The predicted octanol–water partition coefficient (Wildman–Crippen LogP) is 3.07. The van der Waals surface area contributed by atoms with Gasteiger partial charge in [-0.2, -0.15) is 0 Å². The maximum atomic E-state index is 13.0. The van der Waals surface area contributed by atoms with Crippen LogP contribution in [0.3, 0.4) is 0 Å². The number of rotatable bonds is 6. The van der Waals surface area contributed by atoms with Crippen LogP contribution in [0.1, 0.15) is 44.0 Å².